The molecule has 4 nitrogen and oxygen atoms in total. The van der Waals surface area contributed by atoms with Gasteiger partial charge in [-0.15, -0.1) is 0 Å². The number of ether oxygens (including phenoxy) is 1. The Balaban J connectivity index is 1.23. The van der Waals surface area contributed by atoms with Crippen LogP contribution >= 0.6 is 0 Å². The first-order chi connectivity index (χ1) is 13.7. The SMILES string of the molecule is CC(CCN1CCC(Oc2ccc3c(c2)CCC(=O)N3)CC1)c1ccccc1. The largest absolute Gasteiger partial charge is 0.490 e. The summed E-state index contributed by atoms with van der Waals surface area (Å²) in [5.41, 5.74) is 3.56. The fourth-order valence-electron chi connectivity index (χ4n) is 4.20. The monoisotopic (exact) mass is 378 g/mol. The van der Waals surface area contributed by atoms with Gasteiger partial charge in [-0.25, -0.2) is 0 Å². The number of carbonyl (C=O) groups is 1. The van der Waals surface area contributed by atoms with Crippen LogP contribution in [0.5, 0.6) is 5.75 Å². The Morgan fingerprint density at radius 2 is 1.89 bits per heavy atom. The van der Waals surface area contributed by atoms with Crippen LogP contribution in [0.4, 0.5) is 5.69 Å². The molecule has 1 atom stereocenters. The fraction of sp³-hybridized carbons (Fsp3) is 0.458. The highest BCUT2D eigenvalue weighted by Gasteiger charge is 2.22. The predicted molar refractivity (Wildman–Crippen MR) is 113 cm³/mol. The molecule has 2 aromatic rings. The second-order valence-corrected chi connectivity index (χ2v) is 8.13. The summed E-state index contributed by atoms with van der Waals surface area (Å²) >= 11 is 0. The molecule has 0 bridgehead atoms. The number of fused-ring (bicyclic) bond motifs is 1. The van der Waals surface area contributed by atoms with Crippen molar-refractivity contribution in [2.45, 2.75) is 51.0 Å². The maximum absolute atomic E-state index is 11.5. The van der Waals surface area contributed by atoms with Crippen molar-refractivity contribution in [3.05, 3.63) is 59.7 Å². The lowest BCUT2D eigenvalue weighted by molar-refractivity contribution is -0.116. The van der Waals surface area contributed by atoms with E-state index >= 15 is 0 Å². The normalized spacial score (nSPS) is 19.0. The van der Waals surface area contributed by atoms with Gasteiger partial charge in [-0.2, -0.15) is 0 Å². The molecule has 2 aliphatic heterocycles. The van der Waals surface area contributed by atoms with E-state index in [1.54, 1.807) is 0 Å². The summed E-state index contributed by atoms with van der Waals surface area (Å²) in [5, 5.41) is 2.93. The minimum Gasteiger partial charge on any atom is -0.490 e. The fourth-order valence-corrected chi connectivity index (χ4v) is 4.20. The molecule has 1 N–H and O–H groups in total. The van der Waals surface area contributed by atoms with E-state index in [1.165, 1.54) is 17.5 Å². The Morgan fingerprint density at radius 3 is 2.68 bits per heavy atom. The van der Waals surface area contributed by atoms with E-state index < -0.39 is 0 Å². The summed E-state index contributed by atoms with van der Waals surface area (Å²) in [5.74, 6) is 1.65. The van der Waals surface area contributed by atoms with Gasteiger partial charge in [0.2, 0.25) is 5.91 Å². The Kier molecular flexibility index (Phi) is 5.96. The Labute approximate surface area is 167 Å². The minimum absolute atomic E-state index is 0.107. The van der Waals surface area contributed by atoms with Crippen molar-refractivity contribution in [1.82, 2.24) is 4.90 Å². The summed E-state index contributed by atoms with van der Waals surface area (Å²) in [6.07, 6.45) is 5.01. The average molecular weight is 379 g/mol. The summed E-state index contributed by atoms with van der Waals surface area (Å²) in [6, 6.07) is 16.9. The van der Waals surface area contributed by atoms with Crippen molar-refractivity contribution in [1.29, 1.82) is 0 Å². The molecule has 4 heteroatoms. The third-order valence-electron chi connectivity index (χ3n) is 6.06. The van der Waals surface area contributed by atoms with Crippen LogP contribution in [-0.2, 0) is 11.2 Å². The van der Waals surface area contributed by atoms with Crippen molar-refractivity contribution >= 4 is 11.6 Å². The zero-order chi connectivity index (χ0) is 19.3. The zero-order valence-corrected chi connectivity index (χ0v) is 16.7. The first-order valence-electron chi connectivity index (χ1n) is 10.5. The second-order valence-electron chi connectivity index (χ2n) is 8.13. The van der Waals surface area contributed by atoms with Gasteiger partial charge < -0.3 is 15.0 Å². The summed E-state index contributed by atoms with van der Waals surface area (Å²) in [6.45, 7) is 5.69. The molecule has 2 aromatic carbocycles. The number of amides is 1. The van der Waals surface area contributed by atoms with Gasteiger partial charge in [0.25, 0.3) is 0 Å². The highest BCUT2D eigenvalue weighted by molar-refractivity contribution is 5.93. The van der Waals surface area contributed by atoms with E-state index in [0.717, 1.165) is 50.3 Å². The molecular formula is C24H30N2O2. The van der Waals surface area contributed by atoms with Crippen molar-refractivity contribution in [2.75, 3.05) is 25.0 Å². The highest BCUT2D eigenvalue weighted by Crippen LogP contribution is 2.28. The molecule has 1 amide bonds. The van der Waals surface area contributed by atoms with Gasteiger partial charge in [0.05, 0.1) is 0 Å². The van der Waals surface area contributed by atoms with Crippen LogP contribution in [0.15, 0.2) is 48.5 Å². The van der Waals surface area contributed by atoms with Gasteiger partial charge in [-0.05, 0) is 67.5 Å². The molecule has 1 saturated heterocycles. The number of hydrogen-bond donors (Lipinski definition) is 1. The highest BCUT2D eigenvalue weighted by atomic mass is 16.5. The van der Waals surface area contributed by atoms with E-state index in [9.17, 15) is 4.79 Å². The quantitative estimate of drug-likeness (QED) is 0.798. The number of benzene rings is 2. The third kappa shape index (κ3) is 4.74. The molecule has 0 aliphatic carbocycles. The van der Waals surface area contributed by atoms with E-state index in [0.29, 0.717) is 18.4 Å². The van der Waals surface area contributed by atoms with E-state index in [-0.39, 0.29) is 5.91 Å². The van der Waals surface area contributed by atoms with Crippen LogP contribution in [0.25, 0.3) is 0 Å². The number of rotatable bonds is 6. The number of hydrogen-bond acceptors (Lipinski definition) is 3. The van der Waals surface area contributed by atoms with Gasteiger partial charge in [-0.1, -0.05) is 37.3 Å². The van der Waals surface area contributed by atoms with Crippen LogP contribution in [0, 0.1) is 0 Å². The van der Waals surface area contributed by atoms with Crippen LogP contribution in [0.1, 0.15) is 49.7 Å². The van der Waals surface area contributed by atoms with Gasteiger partial charge in [0.1, 0.15) is 11.9 Å². The lowest BCUT2D eigenvalue weighted by Gasteiger charge is -2.33. The smallest absolute Gasteiger partial charge is 0.224 e. The lowest BCUT2D eigenvalue weighted by atomic mass is 9.97. The topological polar surface area (TPSA) is 41.6 Å². The predicted octanol–water partition coefficient (Wildman–Crippen LogP) is 4.61. The molecule has 1 fully saturated rings. The number of anilines is 1. The molecule has 0 saturated carbocycles. The van der Waals surface area contributed by atoms with E-state index in [2.05, 4.69) is 53.5 Å². The Hall–Kier alpha value is -2.33. The molecule has 0 radical (unpaired) electrons. The summed E-state index contributed by atoms with van der Waals surface area (Å²) < 4.78 is 6.25. The standard InChI is InChI=1S/C24H30N2O2/c1-18(19-5-3-2-4-6-19)11-14-26-15-12-21(13-16-26)28-22-8-9-23-20(17-22)7-10-24(27)25-23/h2-6,8-9,17-18,21H,7,10-16H2,1H3,(H,25,27). The summed E-state index contributed by atoms with van der Waals surface area (Å²) in [7, 11) is 0. The van der Waals surface area contributed by atoms with Crippen molar-refractivity contribution in [3.63, 3.8) is 0 Å². The number of likely N-dealkylation sites (tertiary alicyclic amines) is 1. The Bertz CT molecular complexity index is 798. The van der Waals surface area contributed by atoms with Gasteiger partial charge >= 0.3 is 0 Å². The number of nitrogens with zero attached hydrogens (tertiary/aromatic N) is 1. The first kappa shape index (κ1) is 19.0. The van der Waals surface area contributed by atoms with Gasteiger partial charge in [0, 0.05) is 25.2 Å². The van der Waals surface area contributed by atoms with E-state index in [4.69, 9.17) is 4.74 Å². The average Bonchev–Trinajstić information content (AvgIpc) is 2.74. The van der Waals surface area contributed by atoms with Crippen LogP contribution < -0.4 is 10.1 Å². The number of piperidine rings is 1. The molecule has 148 valence electrons. The molecule has 4 rings (SSSR count). The number of carbonyl (C=O) groups excluding carboxylic acids is 1. The minimum atomic E-state index is 0.107. The third-order valence-corrected chi connectivity index (χ3v) is 6.06. The molecule has 1 unspecified atom stereocenters. The molecule has 0 aromatic heterocycles. The number of nitrogens with one attached hydrogen (secondary N) is 1. The van der Waals surface area contributed by atoms with Crippen LogP contribution in [-0.4, -0.2) is 36.5 Å². The van der Waals surface area contributed by atoms with Gasteiger partial charge in [-0.3, -0.25) is 4.79 Å². The Morgan fingerprint density at radius 1 is 1.11 bits per heavy atom. The molecule has 28 heavy (non-hydrogen) atoms. The van der Waals surface area contributed by atoms with Crippen LogP contribution in [0.3, 0.4) is 0 Å². The van der Waals surface area contributed by atoms with Crippen molar-refractivity contribution < 1.29 is 9.53 Å². The van der Waals surface area contributed by atoms with Crippen LogP contribution in [0.2, 0.25) is 0 Å². The molecule has 2 heterocycles. The molecule has 2 aliphatic rings. The van der Waals surface area contributed by atoms with Gasteiger partial charge in [0.15, 0.2) is 0 Å². The molecule has 0 spiro atoms. The maximum atomic E-state index is 11.5. The van der Waals surface area contributed by atoms with Crippen molar-refractivity contribution in [2.24, 2.45) is 0 Å². The number of aryl methyl sites for hydroxylation is 1. The summed E-state index contributed by atoms with van der Waals surface area (Å²) in [4.78, 5) is 14.1. The lowest BCUT2D eigenvalue weighted by Crippen LogP contribution is -2.39. The molecular weight excluding hydrogens is 348 g/mol. The van der Waals surface area contributed by atoms with E-state index in [1.807, 2.05) is 12.1 Å². The zero-order valence-electron chi connectivity index (χ0n) is 16.7. The maximum Gasteiger partial charge on any atom is 0.224 e. The second kappa shape index (κ2) is 8.78. The first-order valence-corrected chi connectivity index (χ1v) is 10.5. The van der Waals surface area contributed by atoms with Crippen molar-refractivity contribution in [3.8, 4) is 5.75 Å².